The summed E-state index contributed by atoms with van der Waals surface area (Å²) in [5.41, 5.74) is 7.20. The van der Waals surface area contributed by atoms with Crippen LogP contribution in [0, 0.1) is 13.8 Å². The maximum atomic E-state index is 11.3. The summed E-state index contributed by atoms with van der Waals surface area (Å²) in [6, 6.07) is 2.76. The number of carboxylic acids is 1. The first-order chi connectivity index (χ1) is 9.31. The van der Waals surface area contributed by atoms with Crippen LogP contribution in [0.4, 0.5) is 5.69 Å². The molecule has 0 unspecified atom stereocenters. The molecule has 7 heteroatoms. The molecule has 1 aromatic heterocycles. The third-order valence-electron chi connectivity index (χ3n) is 2.94. The number of aromatic carboxylic acids is 1. The van der Waals surface area contributed by atoms with Crippen molar-refractivity contribution in [2.24, 2.45) is 7.05 Å². The Morgan fingerprint density at radius 1 is 1.40 bits per heavy atom. The lowest BCUT2D eigenvalue weighted by Crippen LogP contribution is -2.03. The van der Waals surface area contributed by atoms with Crippen molar-refractivity contribution in [3.63, 3.8) is 0 Å². The molecule has 0 aliphatic heterocycles. The van der Waals surface area contributed by atoms with Gasteiger partial charge in [-0.3, -0.25) is 4.68 Å². The van der Waals surface area contributed by atoms with Crippen LogP contribution in [0.15, 0.2) is 12.1 Å². The zero-order valence-corrected chi connectivity index (χ0v) is 12.0. The Balaban J connectivity index is 2.56. The number of benzene rings is 1. The average molecular weight is 296 g/mol. The molecule has 0 aliphatic carbocycles. The number of anilines is 1. The largest absolute Gasteiger partial charge is 0.478 e. The highest BCUT2D eigenvalue weighted by atomic mass is 35.5. The molecule has 0 saturated carbocycles. The van der Waals surface area contributed by atoms with Crippen molar-refractivity contribution in [3.05, 3.63) is 34.1 Å². The van der Waals surface area contributed by atoms with Crippen LogP contribution in [0.25, 0.3) is 0 Å². The van der Waals surface area contributed by atoms with Crippen LogP contribution in [0.5, 0.6) is 11.5 Å². The Morgan fingerprint density at radius 3 is 2.55 bits per heavy atom. The fraction of sp³-hybridized carbons (Fsp3) is 0.231. The summed E-state index contributed by atoms with van der Waals surface area (Å²) in [6.07, 6.45) is 0. The number of ether oxygens (including phenoxy) is 1. The monoisotopic (exact) mass is 295 g/mol. The quantitative estimate of drug-likeness (QED) is 0.850. The normalized spacial score (nSPS) is 10.6. The summed E-state index contributed by atoms with van der Waals surface area (Å²) < 4.78 is 7.34. The number of nitrogens with two attached hydrogens (primary N) is 1. The Hall–Kier alpha value is -2.21. The summed E-state index contributed by atoms with van der Waals surface area (Å²) in [5, 5.41) is 13.6. The lowest BCUT2D eigenvalue weighted by Gasteiger charge is -2.11. The number of nitrogen functional groups attached to an aromatic ring is 1. The van der Waals surface area contributed by atoms with E-state index in [2.05, 4.69) is 5.10 Å². The zero-order chi connectivity index (χ0) is 15.0. The molecule has 3 N–H and O–H groups in total. The SMILES string of the molecule is Cc1nn(C)c(C)c1Oc1c(Cl)cc(N)cc1C(=O)O. The molecule has 20 heavy (non-hydrogen) atoms. The number of rotatable bonds is 3. The van der Waals surface area contributed by atoms with Gasteiger partial charge >= 0.3 is 5.97 Å². The molecule has 106 valence electrons. The standard InChI is InChI=1S/C13H14ClN3O3/c1-6-11(7(2)17(3)16-6)20-12-9(13(18)19)4-8(15)5-10(12)14/h4-5H,15H2,1-3H3,(H,18,19). The third kappa shape index (κ3) is 2.42. The first-order valence-electron chi connectivity index (χ1n) is 5.81. The summed E-state index contributed by atoms with van der Waals surface area (Å²) in [7, 11) is 1.78. The number of aromatic nitrogens is 2. The molecule has 0 fully saturated rings. The second kappa shape index (κ2) is 5.05. The van der Waals surface area contributed by atoms with Gasteiger partial charge in [0.15, 0.2) is 11.5 Å². The number of nitrogens with zero attached hydrogens (tertiary/aromatic N) is 2. The molecule has 2 aromatic rings. The molecular formula is C13H14ClN3O3. The molecule has 0 saturated heterocycles. The second-order valence-electron chi connectivity index (χ2n) is 4.41. The summed E-state index contributed by atoms with van der Waals surface area (Å²) in [4.78, 5) is 11.3. The lowest BCUT2D eigenvalue weighted by molar-refractivity contribution is 0.0694. The summed E-state index contributed by atoms with van der Waals surface area (Å²) in [6.45, 7) is 3.59. The van der Waals surface area contributed by atoms with E-state index in [-0.39, 0.29) is 22.0 Å². The molecule has 0 aliphatic rings. The van der Waals surface area contributed by atoms with Gasteiger partial charge in [-0.05, 0) is 26.0 Å². The van der Waals surface area contributed by atoms with Crippen molar-refractivity contribution < 1.29 is 14.6 Å². The smallest absolute Gasteiger partial charge is 0.339 e. The Morgan fingerprint density at radius 2 is 2.05 bits per heavy atom. The second-order valence-corrected chi connectivity index (χ2v) is 4.82. The van der Waals surface area contributed by atoms with E-state index in [0.717, 1.165) is 5.69 Å². The van der Waals surface area contributed by atoms with E-state index < -0.39 is 5.97 Å². The van der Waals surface area contributed by atoms with Crippen molar-refractivity contribution >= 4 is 23.3 Å². The predicted octanol–water partition coefficient (Wildman–Crippen LogP) is 2.76. The third-order valence-corrected chi connectivity index (χ3v) is 3.22. The van der Waals surface area contributed by atoms with Crippen molar-refractivity contribution in [1.29, 1.82) is 0 Å². The minimum absolute atomic E-state index is 0.0626. The molecule has 1 aromatic carbocycles. The number of carbonyl (C=O) groups is 1. The summed E-state index contributed by atoms with van der Waals surface area (Å²) in [5.74, 6) is -0.609. The maximum Gasteiger partial charge on any atom is 0.339 e. The van der Waals surface area contributed by atoms with Gasteiger partial charge in [-0.2, -0.15) is 5.10 Å². The van der Waals surface area contributed by atoms with Gasteiger partial charge in [0.25, 0.3) is 0 Å². The Labute approximate surface area is 120 Å². The van der Waals surface area contributed by atoms with E-state index >= 15 is 0 Å². The van der Waals surface area contributed by atoms with Gasteiger partial charge in [0.05, 0.1) is 10.7 Å². The number of aryl methyl sites for hydroxylation is 2. The fourth-order valence-corrected chi connectivity index (χ4v) is 2.15. The van der Waals surface area contributed by atoms with E-state index in [1.165, 1.54) is 12.1 Å². The first kappa shape index (κ1) is 14.2. The van der Waals surface area contributed by atoms with Crippen molar-refractivity contribution in [2.45, 2.75) is 13.8 Å². The lowest BCUT2D eigenvalue weighted by atomic mass is 10.1. The number of hydrogen-bond donors (Lipinski definition) is 2. The number of carboxylic acid groups (broad SMARTS) is 1. The highest BCUT2D eigenvalue weighted by molar-refractivity contribution is 6.33. The van der Waals surface area contributed by atoms with Crippen LogP contribution in [0.2, 0.25) is 5.02 Å². The molecule has 0 atom stereocenters. The van der Waals surface area contributed by atoms with E-state index in [9.17, 15) is 9.90 Å². The minimum atomic E-state index is -1.16. The first-order valence-corrected chi connectivity index (χ1v) is 6.19. The molecule has 6 nitrogen and oxygen atoms in total. The van der Waals surface area contributed by atoms with Crippen molar-refractivity contribution in [3.8, 4) is 11.5 Å². The van der Waals surface area contributed by atoms with Gasteiger partial charge in [-0.1, -0.05) is 11.6 Å². The van der Waals surface area contributed by atoms with E-state index in [1.807, 2.05) is 6.92 Å². The number of hydrogen-bond acceptors (Lipinski definition) is 4. The van der Waals surface area contributed by atoms with Crippen LogP contribution >= 0.6 is 11.6 Å². The average Bonchev–Trinajstić information content (AvgIpc) is 2.58. The van der Waals surface area contributed by atoms with Gasteiger partial charge in [-0.15, -0.1) is 0 Å². The van der Waals surface area contributed by atoms with Gasteiger partial charge in [0, 0.05) is 12.7 Å². The fourth-order valence-electron chi connectivity index (χ4n) is 1.88. The van der Waals surface area contributed by atoms with Gasteiger partial charge in [0.2, 0.25) is 0 Å². The molecule has 0 radical (unpaired) electrons. The van der Waals surface area contributed by atoms with Crippen LogP contribution < -0.4 is 10.5 Å². The van der Waals surface area contributed by atoms with E-state index in [1.54, 1.807) is 18.7 Å². The molecular weight excluding hydrogens is 282 g/mol. The predicted molar refractivity (Wildman–Crippen MR) is 75.6 cm³/mol. The van der Waals surface area contributed by atoms with Crippen molar-refractivity contribution in [2.75, 3.05) is 5.73 Å². The highest BCUT2D eigenvalue weighted by Gasteiger charge is 2.20. The van der Waals surface area contributed by atoms with Crippen LogP contribution in [0.3, 0.4) is 0 Å². The zero-order valence-electron chi connectivity index (χ0n) is 11.3. The molecule has 0 amide bonds. The Bertz CT molecular complexity index is 695. The highest BCUT2D eigenvalue weighted by Crippen LogP contribution is 2.37. The molecule has 0 bridgehead atoms. The van der Waals surface area contributed by atoms with Gasteiger partial charge < -0.3 is 15.6 Å². The van der Waals surface area contributed by atoms with Crippen LogP contribution in [-0.2, 0) is 7.05 Å². The minimum Gasteiger partial charge on any atom is -0.478 e. The Kier molecular flexibility index (Phi) is 3.59. The van der Waals surface area contributed by atoms with Crippen LogP contribution in [0.1, 0.15) is 21.7 Å². The van der Waals surface area contributed by atoms with Crippen molar-refractivity contribution in [1.82, 2.24) is 9.78 Å². The van der Waals surface area contributed by atoms with E-state index in [4.69, 9.17) is 22.1 Å². The molecule has 0 spiro atoms. The topological polar surface area (TPSA) is 90.4 Å². The molecule has 1 heterocycles. The molecule has 2 rings (SSSR count). The van der Waals surface area contributed by atoms with Crippen LogP contribution in [-0.4, -0.2) is 20.9 Å². The van der Waals surface area contributed by atoms with Gasteiger partial charge in [-0.25, -0.2) is 4.79 Å². The number of halogens is 1. The van der Waals surface area contributed by atoms with E-state index in [0.29, 0.717) is 11.4 Å². The maximum absolute atomic E-state index is 11.3. The van der Waals surface area contributed by atoms with Gasteiger partial charge in [0.1, 0.15) is 11.3 Å². The summed E-state index contributed by atoms with van der Waals surface area (Å²) >= 11 is 6.04.